The normalized spacial score (nSPS) is 17.6. The number of carbonyl (C=O) groups excluding carboxylic acids is 4. The number of likely N-dealkylation sites (tertiary alicyclic amines) is 1. The first-order valence-corrected chi connectivity index (χ1v) is 21.1. The number of ether oxygens (including phenoxy) is 4. The summed E-state index contributed by atoms with van der Waals surface area (Å²) in [5.41, 5.74) is 4.16. The van der Waals surface area contributed by atoms with Crippen molar-refractivity contribution in [2.75, 3.05) is 40.5 Å². The number of fused-ring (bicyclic) bond motifs is 2. The number of aromatic nitrogens is 4. The number of nitrogens with zero attached hydrogens (tertiary/aromatic N) is 3. The highest BCUT2D eigenvalue weighted by Crippen LogP contribution is 2.41. The van der Waals surface area contributed by atoms with Crippen LogP contribution in [0.15, 0.2) is 42.7 Å². The zero-order chi connectivity index (χ0) is 43.0. The summed E-state index contributed by atoms with van der Waals surface area (Å²) in [6, 6.07) is 7.39. The molecule has 3 aliphatic heterocycles. The number of hydrogen-bond donors (Lipinski definition) is 5. The SMILES string of the molecule is CC[C@H](C)C(NC(=O)OC)C(=O)NCCCCc1ncc(-c2cc3c(cc2F)Cc2cc(-c4cnc([C@@H]5CCCN5C(=O)[C@@H](NC(=O)OC)C5CCOCC5)[nH]4)ccc2O3)[nH]1. The van der Waals surface area contributed by atoms with Crippen molar-refractivity contribution in [2.24, 2.45) is 11.8 Å². The van der Waals surface area contributed by atoms with Gasteiger partial charge >= 0.3 is 12.2 Å². The van der Waals surface area contributed by atoms with Crippen LogP contribution in [0.4, 0.5) is 14.0 Å². The van der Waals surface area contributed by atoms with Gasteiger partial charge in [0.1, 0.15) is 41.0 Å². The van der Waals surface area contributed by atoms with Gasteiger partial charge in [0.05, 0.1) is 44.0 Å². The van der Waals surface area contributed by atoms with Crippen molar-refractivity contribution in [2.45, 2.75) is 89.8 Å². The molecule has 5 heterocycles. The Morgan fingerprint density at radius 2 is 1.69 bits per heavy atom. The van der Waals surface area contributed by atoms with Gasteiger partial charge in [-0.3, -0.25) is 9.59 Å². The van der Waals surface area contributed by atoms with Crippen molar-refractivity contribution in [1.82, 2.24) is 40.8 Å². The molecule has 326 valence electrons. The molecule has 1 unspecified atom stereocenters. The number of unbranched alkanes of at least 4 members (excludes halogenated alkanes) is 1. The molecule has 0 saturated carbocycles. The van der Waals surface area contributed by atoms with Crippen molar-refractivity contribution in [1.29, 1.82) is 0 Å². The molecule has 2 fully saturated rings. The number of benzene rings is 2. The van der Waals surface area contributed by atoms with Crippen molar-refractivity contribution in [3.8, 4) is 34.0 Å². The monoisotopic (exact) mass is 842 g/mol. The molecule has 16 nitrogen and oxygen atoms in total. The van der Waals surface area contributed by atoms with Crippen LogP contribution in [-0.4, -0.2) is 101 Å². The van der Waals surface area contributed by atoms with E-state index in [1.54, 1.807) is 18.5 Å². The summed E-state index contributed by atoms with van der Waals surface area (Å²) >= 11 is 0. The largest absolute Gasteiger partial charge is 0.457 e. The van der Waals surface area contributed by atoms with Crippen LogP contribution < -0.4 is 20.7 Å². The highest BCUT2D eigenvalue weighted by molar-refractivity contribution is 5.87. The molecule has 0 bridgehead atoms. The molecule has 2 aromatic heterocycles. The van der Waals surface area contributed by atoms with Gasteiger partial charge in [0.25, 0.3) is 0 Å². The second kappa shape index (κ2) is 19.6. The quantitative estimate of drug-likeness (QED) is 0.0742. The number of nitrogens with one attached hydrogen (secondary N) is 5. The first-order chi connectivity index (χ1) is 29.6. The molecule has 4 aromatic rings. The fourth-order valence-corrected chi connectivity index (χ4v) is 8.36. The number of H-pyrrole nitrogens is 2. The maximum absolute atomic E-state index is 15.7. The van der Waals surface area contributed by atoms with Crippen LogP contribution in [0.2, 0.25) is 0 Å². The van der Waals surface area contributed by atoms with E-state index in [-0.39, 0.29) is 29.7 Å². The molecule has 5 N–H and O–H groups in total. The van der Waals surface area contributed by atoms with Gasteiger partial charge in [-0.1, -0.05) is 20.3 Å². The molecule has 3 aliphatic rings. The third-order valence-corrected chi connectivity index (χ3v) is 12.0. The second-order valence-corrected chi connectivity index (χ2v) is 16.0. The van der Waals surface area contributed by atoms with Crippen LogP contribution in [0.3, 0.4) is 0 Å². The maximum Gasteiger partial charge on any atom is 0.407 e. The average molecular weight is 843 g/mol. The Bertz CT molecular complexity index is 2200. The van der Waals surface area contributed by atoms with Gasteiger partial charge < -0.3 is 49.8 Å². The number of alkyl carbamates (subject to hydrolysis) is 2. The van der Waals surface area contributed by atoms with Crippen molar-refractivity contribution >= 4 is 24.0 Å². The molecular weight excluding hydrogens is 788 g/mol. The Kier molecular flexibility index (Phi) is 13.9. The lowest BCUT2D eigenvalue weighted by atomic mass is 9.90. The van der Waals surface area contributed by atoms with E-state index in [1.807, 2.05) is 36.9 Å². The minimum Gasteiger partial charge on any atom is -0.457 e. The number of hydrogen-bond acceptors (Lipinski definition) is 10. The van der Waals surface area contributed by atoms with Crippen LogP contribution in [-0.2, 0) is 36.6 Å². The highest BCUT2D eigenvalue weighted by atomic mass is 19.1. The number of carbonyl (C=O) groups is 4. The molecule has 0 spiro atoms. The van der Waals surface area contributed by atoms with E-state index in [4.69, 9.17) is 19.2 Å². The molecule has 4 amide bonds. The Morgan fingerprint density at radius 3 is 2.46 bits per heavy atom. The zero-order valence-corrected chi connectivity index (χ0v) is 35.1. The van der Waals surface area contributed by atoms with E-state index in [0.717, 1.165) is 48.1 Å². The number of aromatic amines is 2. The van der Waals surface area contributed by atoms with E-state index >= 15 is 4.39 Å². The molecule has 2 aromatic carbocycles. The molecule has 17 heteroatoms. The van der Waals surface area contributed by atoms with Crippen molar-refractivity contribution < 1.29 is 42.5 Å². The summed E-state index contributed by atoms with van der Waals surface area (Å²) in [5, 5.41) is 8.30. The summed E-state index contributed by atoms with van der Waals surface area (Å²) in [6.45, 7) is 5.92. The second-order valence-electron chi connectivity index (χ2n) is 16.0. The lowest BCUT2D eigenvalue weighted by Crippen LogP contribution is -2.53. The number of rotatable bonds is 15. The molecule has 0 radical (unpaired) electrons. The lowest BCUT2D eigenvalue weighted by molar-refractivity contribution is -0.136. The van der Waals surface area contributed by atoms with Crippen LogP contribution in [0.5, 0.6) is 11.5 Å². The fourth-order valence-electron chi connectivity index (χ4n) is 8.36. The van der Waals surface area contributed by atoms with E-state index in [9.17, 15) is 19.2 Å². The highest BCUT2D eigenvalue weighted by Gasteiger charge is 2.40. The first-order valence-electron chi connectivity index (χ1n) is 21.1. The summed E-state index contributed by atoms with van der Waals surface area (Å²) in [7, 11) is 2.56. The fraction of sp³-hybridized carbons (Fsp3) is 0.500. The number of halogens is 1. The Balaban J connectivity index is 0.959. The Morgan fingerprint density at radius 1 is 0.934 bits per heavy atom. The third kappa shape index (κ3) is 9.99. The predicted molar refractivity (Wildman–Crippen MR) is 222 cm³/mol. The average Bonchev–Trinajstić information content (AvgIpc) is 4.08. The summed E-state index contributed by atoms with van der Waals surface area (Å²) in [6.07, 6.45) is 8.17. The number of aryl methyl sites for hydroxylation is 1. The van der Waals surface area contributed by atoms with Gasteiger partial charge in [0.2, 0.25) is 11.8 Å². The molecule has 2 saturated heterocycles. The van der Waals surface area contributed by atoms with Crippen LogP contribution in [0, 0.1) is 17.7 Å². The van der Waals surface area contributed by atoms with E-state index in [1.165, 1.54) is 20.3 Å². The molecular formula is C44H55FN8O8. The van der Waals surface area contributed by atoms with Crippen molar-refractivity contribution in [3.63, 3.8) is 0 Å². The van der Waals surface area contributed by atoms with E-state index in [2.05, 4.69) is 35.6 Å². The van der Waals surface area contributed by atoms with Gasteiger partial charge in [0, 0.05) is 55.8 Å². The summed E-state index contributed by atoms with van der Waals surface area (Å²) in [5.74, 6) is 1.70. The van der Waals surface area contributed by atoms with Gasteiger partial charge in [-0.05, 0) is 86.3 Å². The molecule has 4 atom stereocenters. The van der Waals surface area contributed by atoms with Gasteiger partial charge in [-0.25, -0.2) is 23.9 Å². The first kappa shape index (κ1) is 43.1. The summed E-state index contributed by atoms with van der Waals surface area (Å²) < 4.78 is 37.1. The van der Waals surface area contributed by atoms with Gasteiger partial charge in [-0.2, -0.15) is 0 Å². The number of amides is 4. The van der Waals surface area contributed by atoms with Crippen LogP contribution in [0.25, 0.3) is 22.5 Å². The molecule has 7 rings (SSSR count). The standard InChI is InChI=1S/C44H55FN8O8/c1-5-25(2)38(51-43(56)58-3)41(54)46-15-7-6-10-37-47-24-33(49-37)30-22-36-29(21-31(30)45)20-28-19-27(11-12-35(28)61-36)32-23-48-40(50-32)34-9-8-16-53(34)42(55)39(52-44(57)59-4)26-13-17-60-18-14-26/h11-12,19,21-26,34,38-39H,5-10,13-18,20H2,1-4H3,(H,46,54)(H,47,49)(H,48,50)(H,51,56)(H,52,57)/t25-,34-,38?,39-/m0/s1. The topological polar surface area (TPSA) is 202 Å². The number of methoxy groups -OCH3 is 2. The Hall–Kier alpha value is -5.97. The number of imidazole rings is 2. The lowest BCUT2D eigenvalue weighted by Gasteiger charge is -2.34. The van der Waals surface area contributed by atoms with Crippen LogP contribution in [0.1, 0.15) is 87.6 Å². The minimum absolute atomic E-state index is 0.0558. The molecule has 61 heavy (non-hydrogen) atoms. The van der Waals surface area contributed by atoms with Gasteiger partial charge in [0.15, 0.2) is 0 Å². The van der Waals surface area contributed by atoms with Crippen molar-refractivity contribution in [3.05, 3.63) is 71.3 Å². The van der Waals surface area contributed by atoms with Gasteiger partial charge in [-0.15, -0.1) is 0 Å². The van der Waals surface area contributed by atoms with Crippen LogP contribution >= 0.6 is 0 Å². The van der Waals surface area contributed by atoms with E-state index in [0.29, 0.717) is 92.8 Å². The predicted octanol–water partition coefficient (Wildman–Crippen LogP) is 6.33. The zero-order valence-electron chi connectivity index (χ0n) is 35.1. The third-order valence-electron chi connectivity index (χ3n) is 12.0. The summed E-state index contributed by atoms with van der Waals surface area (Å²) in [4.78, 5) is 68.4. The smallest absolute Gasteiger partial charge is 0.407 e. The maximum atomic E-state index is 15.7. The minimum atomic E-state index is -0.717. The van der Waals surface area contributed by atoms with E-state index < -0.39 is 30.1 Å². The Labute approximate surface area is 354 Å². The molecule has 0 aliphatic carbocycles.